The molecule has 1 aromatic heterocycles. The number of pyridine rings is 1. The monoisotopic (exact) mass is 308 g/mol. The highest BCUT2D eigenvalue weighted by Crippen LogP contribution is 2.14. The van der Waals surface area contributed by atoms with E-state index < -0.39 is 11.7 Å². The SMILES string of the molecule is NNc1nccc(C(=O)NCCc2ccc(Cl)cc2)c1F. The van der Waals surface area contributed by atoms with Crippen molar-refractivity contribution in [1.82, 2.24) is 10.3 Å². The van der Waals surface area contributed by atoms with Crippen LogP contribution in [-0.4, -0.2) is 17.4 Å². The fourth-order valence-corrected chi connectivity index (χ4v) is 1.91. The first-order valence-corrected chi connectivity index (χ1v) is 6.63. The number of aromatic nitrogens is 1. The third-order valence-electron chi connectivity index (χ3n) is 2.88. The van der Waals surface area contributed by atoms with Crippen LogP contribution in [0.25, 0.3) is 0 Å². The van der Waals surface area contributed by atoms with Crippen molar-refractivity contribution < 1.29 is 9.18 Å². The number of hydrogen-bond donors (Lipinski definition) is 3. The lowest BCUT2D eigenvalue weighted by Gasteiger charge is -2.08. The van der Waals surface area contributed by atoms with Gasteiger partial charge in [-0.15, -0.1) is 0 Å². The summed E-state index contributed by atoms with van der Waals surface area (Å²) in [6, 6.07) is 8.60. The van der Waals surface area contributed by atoms with Crippen LogP contribution >= 0.6 is 11.6 Å². The van der Waals surface area contributed by atoms with Crippen LogP contribution in [0.1, 0.15) is 15.9 Å². The van der Waals surface area contributed by atoms with E-state index >= 15 is 0 Å². The van der Waals surface area contributed by atoms with E-state index in [2.05, 4.69) is 15.7 Å². The minimum Gasteiger partial charge on any atom is -0.352 e. The van der Waals surface area contributed by atoms with Gasteiger partial charge in [-0.3, -0.25) is 4.79 Å². The number of halogens is 2. The highest BCUT2D eigenvalue weighted by atomic mass is 35.5. The molecule has 0 aliphatic carbocycles. The van der Waals surface area contributed by atoms with Gasteiger partial charge in [0.1, 0.15) is 0 Å². The highest BCUT2D eigenvalue weighted by Gasteiger charge is 2.15. The van der Waals surface area contributed by atoms with Gasteiger partial charge < -0.3 is 10.7 Å². The van der Waals surface area contributed by atoms with Crippen LogP contribution in [0, 0.1) is 5.82 Å². The molecule has 4 N–H and O–H groups in total. The number of anilines is 1. The number of hydrazine groups is 1. The first-order chi connectivity index (χ1) is 10.1. The third kappa shape index (κ3) is 3.90. The quantitative estimate of drug-likeness (QED) is 0.584. The molecule has 0 atom stereocenters. The van der Waals surface area contributed by atoms with Gasteiger partial charge in [0.2, 0.25) is 0 Å². The lowest BCUT2D eigenvalue weighted by atomic mass is 10.1. The second-order valence-electron chi connectivity index (χ2n) is 4.30. The number of hydrogen-bond acceptors (Lipinski definition) is 4. The third-order valence-corrected chi connectivity index (χ3v) is 3.14. The van der Waals surface area contributed by atoms with Crippen LogP contribution in [0.2, 0.25) is 5.02 Å². The van der Waals surface area contributed by atoms with E-state index in [9.17, 15) is 9.18 Å². The Bertz CT molecular complexity index is 633. The van der Waals surface area contributed by atoms with Gasteiger partial charge in [0.15, 0.2) is 11.6 Å². The van der Waals surface area contributed by atoms with Gasteiger partial charge in [-0.2, -0.15) is 0 Å². The predicted molar refractivity (Wildman–Crippen MR) is 79.5 cm³/mol. The van der Waals surface area contributed by atoms with E-state index in [0.717, 1.165) is 5.56 Å². The number of nitrogens with one attached hydrogen (secondary N) is 2. The van der Waals surface area contributed by atoms with Crippen LogP contribution in [-0.2, 0) is 6.42 Å². The summed E-state index contributed by atoms with van der Waals surface area (Å²) < 4.78 is 13.8. The van der Waals surface area contributed by atoms with Crippen molar-refractivity contribution in [2.45, 2.75) is 6.42 Å². The Morgan fingerprint density at radius 1 is 1.29 bits per heavy atom. The molecule has 0 spiro atoms. The standard InChI is InChI=1S/C14H14ClFN4O/c15-10-3-1-9(2-4-10)5-7-19-14(21)11-6-8-18-13(20-17)12(11)16/h1-4,6,8H,5,7,17H2,(H,18,20)(H,19,21). The zero-order valence-corrected chi connectivity index (χ0v) is 11.8. The minimum atomic E-state index is -0.774. The Morgan fingerprint density at radius 2 is 2.00 bits per heavy atom. The summed E-state index contributed by atoms with van der Waals surface area (Å²) in [6.45, 7) is 0.383. The van der Waals surface area contributed by atoms with Crippen molar-refractivity contribution in [2.75, 3.05) is 12.0 Å². The van der Waals surface area contributed by atoms with Gasteiger partial charge in [0.05, 0.1) is 5.56 Å². The van der Waals surface area contributed by atoms with E-state index in [4.69, 9.17) is 17.4 Å². The zero-order valence-electron chi connectivity index (χ0n) is 11.1. The summed E-state index contributed by atoms with van der Waals surface area (Å²) in [5.41, 5.74) is 3.02. The van der Waals surface area contributed by atoms with Gasteiger partial charge in [0, 0.05) is 17.8 Å². The molecule has 0 saturated carbocycles. The average molecular weight is 309 g/mol. The first-order valence-electron chi connectivity index (χ1n) is 6.25. The van der Waals surface area contributed by atoms with Crippen LogP contribution in [0.3, 0.4) is 0 Å². The summed E-state index contributed by atoms with van der Waals surface area (Å²) >= 11 is 5.79. The Kier molecular flexibility index (Phi) is 5.08. The lowest BCUT2D eigenvalue weighted by molar-refractivity contribution is 0.0950. The van der Waals surface area contributed by atoms with Gasteiger partial charge in [-0.25, -0.2) is 15.2 Å². The van der Waals surface area contributed by atoms with E-state index in [1.54, 1.807) is 12.1 Å². The number of carbonyl (C=O) groups is 1. The maximum absolute atomic E-state index is 13.8. The number of rotatable bonds is 5. The molecule has 1 amide bonds. The summed E-state index contributed by atoms with van der Waals surface area (Å²) in [5.74, 6) is 3.66. The molecule has 0 aliphatic rings. The molecule has 2 rings (SSSR count). The van der Waals surface area contributed by atoms with Gasteiger partial charge in [-0.05, 0) is 30.2 Å². The molecule has 1 aromatic carbocycles. The van der Waals surface area contributed by atoms with E-state index in [0.29, 0.717) is 18.0 Å². The van der Waals surface area contributed by atoms with Crippen molar-refractivity contribution in [3.05, 3.63) is 58.5 Å². The lowest BCUT2D eigenvalue weighted by Crippen LogP contribution is -2.27. The Labute approximate surface area is 126 Å². The van der Waals surface area contributed by atoms with Crippen LogP contribution in [0.4, 0.5) is 10.2 Å². The molecule has 0 radical (unpaired) electrons. The van der Waals surface area contributed by atoms with Gasteiger partial charge in [-0.1, -0.05) is 23.7 Å². The summed E-state index contributed by atoms with van der Waals surface area (Å²) in [6.07, 6.45) is 1.93. The molecule has 0 aliphatic heterocycles. The number of nitrogen functional groups attached to an aromatic ring is 1. The zero-order chi connectivity index (χ0) is 15.2. The van der Waals surface area contributed by atoms with Crippen molar-refractivity contribution >= 4 is 23.3 Å². The molecule has 5 nitrogen and oxygen atoms in total. The number of amides is 1. The fraction of sp³-hybridized carbons (Fsp3) is 0.143. The molecule has 0 saturated heterocycles. The summed E-state index contributed by atoms with van der Waals surface area (Å²) in [7, 11) is 0. The maximum Gasteiger partial charge on any atom is 0.254 e. The average Bonchev–Trinajstić information content (AvgIpc) is 2.49. The van der Waals surface area contributed by atoms with Crippen molar-refractivity contribution in [3.63, 3.8) is 0 Å². The number of nitrogens with zero attached hydrogens (tertiary/aromatic N) is 1. The Morgan fingerprint density at radius 3 is 2.67 bits per heavy atom. The second kappa shape index (κ2) is 7.01. The largest absolute Gasteiger partial charge is 0.352 e. The van der Waals surface area contributed by atoms with E-state index in [1.165, 1.54) is 12.3 Å². The molecule has 0 unspecified atom stereocenters. The van der Waals surface area contributed by atoms with Crippen molar-refractivity contribution in [1.29, 1.82) is 0 Å². The van der Waals surface area contributed by atoms with E-state index in [-0.39, 0.29) is 11.4 Å². The van der Waals surface area contributed by atoms with Crippen molar-refractivity contribution in [2.24, 2.45) is 5.84 Å². The van der Waals surface area contributed by atoms with Crippen LogP contribution in [0.15, 0.2) is 36.5 Å². The molecular weight excluding hydrogens is 295 g/mol. The fourth-order valence-electron chi connectivity index (χ4n) is 1.79. The van der Waals surface area contributed by atoms with Crippen LogP contribution in [0.5, 0.6) is 0 Å². The van der Waals surface area contributed by atoms with Gasteiger partial charge in [0.25, 0.3) is 5.91 Å². The molecule has 0 fully saturated rings. The number of carbonyl (C=O) groups excluding carboxylic acids is 1. The Hall–Kier alpha value is -2.18. The molecule has 7 heteroatoms. The van der Waals surface area contributed by atoms with Crippen LogP contribution < -0.4 is 16.6 Å². The highest BCUT2D eigenvalue weighted by molar-refractivity contribution is 6.30. The predicted octanol–water partition coefficient (Wildman–Crippen LogP) is 2.13. The maximum atomic E-state index is 13.8. The molecule has 1 heterocycles. The smallest absolute Gasteiger partial charge is 0.254 e. The summed E-state index contributed by atoms with van der Waals surface area (Å²) in [5, 5.41) is 3.30. The molecular formula is C14H14ClFN4O. The topological polar surface area (TPSA) is 80.0 Å². The number of nitrogens with two attached hydrogens (primary N) is 1. The first kappa shape index (κ1) is 15.2. The summed E-state index contributed by atoms with van der Waals surface area (Å²) in [4.78, 5) is 15.6. The molecule has 2 aromatic rings. The molecule has 21 heavy (non-hydrogen) atoms. The van der Waals surface area contributed by atoms with Crippen molar-refractivity contribution in [3.8, 4) is 0 Å². The molecule has 0 bridgehead atoms. The van der Waals surface area contributed by atoms with Gasteiger partial charge >= 0.3 is 0 Å². The van der Waals surface area contributed by atoms with E-state index in [1.807, 2.05) is 12.1 Å². The molecule has 110 valence electrons. The Balaban J connectivity index is 1.94. The number of benzene rings is 1. The second-order valence-corrected chi connectivity index (χ2v) is 4.73. The minimum absolute atomic E-state index is 0.103. The normalized spacial score (nSPS) is 10.2.